The van der Waals surface area contributed by atoms with Crippen LogP contribution in [0.2, 0.25) is 0 Å². The van der Waals surface area contributed by atoms with Crippen molar-refractivity contribution in [3.63, 3.8) is 0 Å². The van der Waals surface area contributed by atoms with Crippen molar-refractivity contribution in [2.24, 2.45) is 0 Å². The molecule has 2 aromatic carbocycles. The molecule has 0 heterocycles. The van der Waals surface area contributed by atoms with Gasteiger partial charge in [0.1, 0.15) is 18.3 Å². The highest BCUT2D eigenvalue weighted by atomic mass is 32.2. The molecule has 0 unspecified atom stereocenters. The molecule has 0 aromatic heterocycles. The van der Waals surface area contributed by atoms with Crippen LogP contribution in [0.5, 0.6) is 5.75 Å². The third-order valence-corrected chi connectivity index (χ3v) is 6.37. The van der Waals surface area contributed by atoms with Crippen molar-refractivity contribution in [2.75, 3.05) is 30.8 Å². The van der Waals surface area contributed by atoms with Crippen LogP contribution < -0.4 is 14.4 Å². The molecule has 1 atom stereocenters. The fraction of sp³-hybridized carbons (Fsp3) is 0.375. The highest BCUT2D eigenvalue weighted by molar-refractivity contribution is 7.92. The standard InChI is InChI=1S/C24H31N3O6S/c1-6-25-24(30)17(2)26(15-19-9-7-12-22(13-19)33-4)23(29)16-27(34(5,31)32)21-11-8-10-20(14-21)18(3)28/h7-14,17H,6,15-16H2,1-5H3,(H,25,30)/t17-/m1/s1. The number of carbonyl (C=O) groups is 3. The molecule has 0 bridgehead atoms. The molecule has 0 aliphatic rings. The molecule has 2 aromatic rings. The number of nitrogens with zero attached hydrogens (tertiary/aromatic N) is 2. The molecule has 10 heteroatoms. The van der Waals surface area contributed by atoms with Gasteiger partial charge in [0.25, 0.3) is 0 Å². The molecule has 0 aliphatic heterocycles. The molecule has 34 heavy (non-hydrogen) atoms. The van der Waals surface area contributed by atoms with Crippen LogP contribution in [0, 0.1) is 0 Å². The molecule has 2 rings (SSSR count). The molecule has 0 spiro atoms. The van der Waals surface area contributed by atoms with Crippen molar-refractivity contribution >= 4 is 33.3 Å². The monoisotopic (exact) mass is 489 g/mol. The Balaban J connectivity index is 2.43. The van der Waals surface area contributed by atoms with Gasteiger partial charge in [-0.05, 0) is 50.6 Å². The first-order chi connectivity index (χ1) is 16.0. The van der Waals surface area contributed by atoms with Crippen molar-refractivity contribution in [2.45, 2.75) is 33.4 Å². The van der Waals surface area contributed by atoms with E-state index < -0.39 is 28.5 Å². The van der Waals surface area contributed by atoms with E-state index in [-0.39, 0.29) is 23.9 Å². The third-order valence-electron chi connectivity index (χ3n) is 5.23. The maximum Gasteiger partial charge on any atom is 0.244 e. The van der Waals surface area contributed by atoms with Gasteiger partial charge in [0, 0.05) is 18.7 Å². The van der Waals surface area contributed by atoms with Gasteiger partial charge in [-0.1, -0.05) is 24.3 Å². The van der Waals surface area contributed by atoms with Crippen LogP contribution in [-0.2, 0) is 26.2 Å². The van der Waals surface area contributed by atoms with Crippen molar-refractivity contribution in [1.82, 2.24) is 10.2 Å². The van der Waals surface area contributed by atoms with Crippen LogP contribution >= 0.6 is 0 Å². The summed E-state index contributed by atoms with van der Waals surface area (Å²) in [4.78, 5) is 39.1. The van der Waals surface area contributed by atoms with Crippen molar-refractivity contribution in [1.29, 1.82) is 0 Å². The fourth-order valence-electron chi connectivity index (χ4n) is 3.37. The Labute approximate surface area is 200 Å². The first-order valence-corrected chi connectivity index (χ1v) is 12.6. The average molecular weight is 490 g/mol. The minimum absolute atomic E-state index is 0.0689. The van der Waals surface area contributed by atoms with Gasteiger partial charge in [0.15, 0.2) is 5.78 Å². The van der Waals surface area contributed by atoms with Gasteiger partial charge in [-0.3, -0.25) is 18.7 Å². The summed E-state index contributed by atoms with van der Waals surface area (Å²) in [5.74, 6) is -0.566. The Kier molecular flexibility index (Phi) is 9.19. The SMILES string of the molecule is CCNC(=O)[C@@H](C)N(Cc1cccc(OC)c1)C(=O)CN(c1cccc(C(C)=O)c1)S(C)(=O)=O. The summed E-state index contributed by atoms with van der Waals surface area (Å²) in [5, 5.41) is 2.70. The second-order valence-electron chi connectivity index (χ2n) is 7.82. The van der Waals surface area contributed by atoms with E-state index in [2.05, 4.69) is 5.32 Å². The number of likely N-dealkylation sites (N-methyl/N-ethyl adjacent to an activating group) is 1. The number of benzene rings is 2. The van der Waals surface area contributed by atoms with E-state index in [4.69, 9.17) is 4.74 Å². The summed E-state index contributed by atoms with van der Waals surface area (Å²) in [6.07, 6.45) is 0.986. The van der Waals surface area contributed by atoms with E-state index in [9.17, 15) is 22.8 Å². The van der Waals surface area contributed by atoms with Crippen molar-refractivity contribution < 1.29 is 27.5 Å². The lowest BCUT2D eigenvalue weighted by Crippen LogP contribution is -2.51. The number of Topliss-reactive ketones (excluding diaryl/α,β-unsaturated/α-hetero) is 1. The van der Waals surface area contributed by atoms with Crippen molar-refractivity contribution in [3.8, 4) is 5.75 Å². The van der Waals surface area contributed by atoms with Gasteiger partial charge in [-0.2, -0.15) is 0 Å². The Morgan fingerprint density at radius 3 is 2.35 bits per heavy atom. The quantitative estimate of drug-likeness (QED) is 0.484. The Morgan fingerprint density at radius 2 is 1.76 bits per heavy atom. The van der Waals surface area contributed by atoms with E-state index in [0.29, 0.717) is 23.4 Å². The number of carbonyl (C=O) groups excluding carboxylic acids is 3. The highest BCUT2D eigenvalue weighted by Crippen LogP contribution is 2.21. The van der Waals surface area contributed by atoms with Crippen LogP contribution in [0.3, 0.4) is 0 Å². The van der Waals surface area contributed by atoms with Gasteiger partial charge >= 0.3 is 0 Å². The molecule has 9 nitrogen and oxygen atoms in total. The number of hydrogen-bond acceptors (Lipinski definition) is 6. The lowest BCUT2D eigenvalue weighted by molar-refractivity contribution is -0.139. The molecule has 184 valence electrons. The van der Waals surface area contributed by atoms with Crippen LogP contribution in [0.1, 0.15) is 36.7 Å². The summed E-state index contributed by atoms with van der Waals surface area (Å²) < 4.78 is 31.4. The lowest BCUT2D eigenvalue weighted by Gasteiger charge is -2.31. The minimum atomic E-state index is -3.87. The van der Waals surface area contributed by atoms with E-state index in [1.54, 1.807) is 50.2 Å². The smallest absolute Gasteiger partial charge is 0.244 e. The molecular formula is C24H31N3O6S. The van der Waals surface area contributed by atoms with Crippen LogP contribution in [0.25, 0.3) is 0 Å². The number of sulfonamides is 1. The van der Waals surface area contributed by atoms with Crippen LogP contribution in [0.4, 0.5) is 5.69 Å². The van der Waals surface area contributed by atoms with Gasteiger partial charge < -0.3 is 15.0 Å². The summed E-state index contributed by atoms with van der Waals surface area (Å²) in [6.45, 7) is 4.65. The normalized spacial score (nSPS) is 11.9. The zero-order chi connectivity index (χ0) is 25.5. The Hall–Kier alpha value is -3.40. The summed E-state index contributed by atoms with van der Waals surface area (Å²) in [5.41, 5.74) is 1.23. The minimum Gasteiger partial charge on any atom is -0.497 e. The maximum atomic E-state index is 13.4. The predicted molar refractivity (Wildman–Crippen MR) is 130 cm³/mol. The van der Waals surface area contributed by atoms with E-state index >= 15 is 0 Å². The van der Waals surface area contributed by atoms with E-state index in [1.807, 2.05) is 0 Å². The van der Waals surface area contributed by atoms with E-state index in [1.165, 1.54) is 31.1 Å². The van der Waals surface area contributed by atoms with Crippen LogP contribution in [0.15, 0.2) is 48.5 Å². The zero-order valence-corrected chi connectivity index (χ0v) is 20.9. The fourth-order valence-corrected chi connectivity index (χ4v) is 4.21. The third kappa shape index (κ3) is 7.05. The van der Waals surface area contributed by atoms with Crippen LogP contribution in [-0.4, -0.2) is 63.4 Å². The second kappa shape index (κ2) is 11.6. The van der Waals surface area contributed by atoms with Gasteiger partial charge in [-0.15, -0.1) is 0 Å². The number of methoxy groups -OCH3 is 1. The number of rotatable bonds is 11. The zero-order valence-electron chi connectivity index (χ0n) is 20.1. The van der Waals surface area contributed by atoms with E-state index in [0.717, 1.165) is 10.6 Å². The number of anilines is 1. The molecular weight excluding hydrogens is 458 g/mol. The first-order valence-electron chi connectivity index (χ1n) is 10.8. The largest absolute Gasteiger partial charge is 0.497 e. The van der Waals surface area contributed by atoms with Gasteiger partial charge in [-0.25, -0.2) is 8.42 Å². The predicted octanol–water partition coefficient (Wildman–Crippen LogP) is 2.22. The lowest BCUT2D eigenvalue weighted by atomic mass is 10.1. The Bertz CT molecular complexity index is 1150. The molecule has 0 saturated heterocycles. The molecule has 0 saturated carbocycles. The summed E-state index contributed by atoms with van der Waals surface area (Å²) in [7, 11) is -2.35. The van der Waals surface area contributed by atoms with Gasteiger partial charge in [0.2, 0.25) is 21.8 Å². The summed E-state index contributed by atoms with van der Waals surface area (Å²) in [6, 6.07) is 12.3. The first kappa shape index (κ1) is 26.8. The topological polar surface area (TPSA) is 113 Å². The van der Waals surface area contributed by atoms with Crippen molar-refractivity contribution in [3.05, 3.63) is 59.7 Å². The molecule has 1 N–H and O–H groups in total. The molecule has 0 fully saturated rings. The molecule has 0 radical (unpaired) electrons. The number of amides is 2. The number of nitrogens with one attached hydrogen (secondary N) is 1. The second-order valence-corrected chi connectivity index (χ2v) is 9.73. The number of ether oxygens (including phenoxy) is 1. The molecule has 0 aliphatic carbocycles. The number of hydrogen-bond donors (Lipinski definition) is 1. The highest BCUT2D eigenvalue weighted by Gasteiger charge is 2.30. The van der Waals surface area contributed by atoms with Gasteiger partial charge in [0.05, 0.1) is 19.1 Å². The maximum absolute atomic E-state index is 13.4. The average Bonchev–Trinajstić information content (AvgIpc) is 2.80. The Morgan fingerprint density at radius 1 is 1.09 bits per heavy atom. The summed E-state index contributed by atoms with van der Waals surface area (Å²) >= 11 is 0. The molecule has 2 amide bonds. The number of ketones is 1.